The molecule has 1 fully saturated rings. The predicted molar refractivity (Wildman–Crippen MR) is 106 cm³/mol. The summed E-state index contributed by atoms with van der Waals surface area (Å²) in [4.78, 5) is 0. The second-order valence-electron chi connectivity index (χ2n) is 6.29. The van der Waals surface area contributed by atoms with Crippen LogP contribution in [0.5, 0.6) is 0 Å². The molecule has 3 aromatic rings. The quantitative estimate of drug-likeness (QED) is 0.678. The van der Waals surface area contributed by atoms with E-state index < -0.39 is 0 Å². The second-order valence-corrected chi connectivity index (χ2v) is 7.23. The van der Waals surface area contributed by atoms with Gasteiger partial charge in [-0.05, 0) is 43.6 Å². The Bertz CT molecular complexity index is 826. The van der Waals surface area contributed by atoms with Gasteiger partial charge in [0.1, 0.15) is 5.82 Å². The average Bonchev–Trinajstić information content (AvgIpc) is 3.31. The number of nitrogens with zero attached hydrogens (tertiary/aromatic N) is 5. The molecule has 0 bridgehead atoms. The molecule has 0 aliphatic carbocycles. The smallest absolute Gasteiger partial charge is 0.191 e. The van der Waals surface area contributed by atoms with Crippen molar-refractivity contribution in [3.8, 4) is 5.69 Å². The lowest BCUT2D eigenvalue weighted by atomic mass is 9.97. The molecule has 0 spiro atoms. The molecule has 138 valence electrons. The standard InChI is InChI=1S/C18H22N6S.ClH/c1-23-17(14-7-10-19-11-8-14)21-22-18(23)25-13-15-5-2-3-6-16(15)24-12-4-9-20-24;/h2-6,9,12,14,19H,7-8,10-11,13H2,1H3;1H. The van der Waals surface area contributed by atoms with Crippen molar-refractivity contribution in [1.82, 2.24) is 29.9 Å². The van der Waals surface area contributed by atoms with Crippen molar-refractivity contribution < 1.29 is 0 Å². The number of rotatable bonds is 5. The Morgan fingerprint density at radius 1 is 1.15 bits per heavy atom. The Morgan fingerprint density at radius 2 is 1.96 bits per heavy atom. The fraction of sp³-hybridized carbons (Fsp3) is 0.389. The average molecular weight is 391 g/mol. The second kappa shape index (κ2) is 8.70. The molecule has 1 aromatic carbocycles. The van der Waals surface area contributed by atoms with Crippen molar-refractivity contribution in [1.29, 1.82) is 0 Å². The maximum Gasteiger partial charge on any atom is 0.191 e. The highest BCUT2D eigenvalue weighted by molar-refractivity contribution is 7.98. The van der Waals surface area contributed by atoms with Crippen LogP contribution in [0.3, 0.4) is 0 Å². The van der Waals surface area contributed by atoms with E-state index in [9.17, 15) is 0 Å². The third kappa shape index (κ3) is 3.95. The Hall–Kier alpha value is -1.83. The van der Waals surface area contributed by atoms with Gasteiger partial charge in [-0.25, -0.2) is 4.68 Å². The molecular weight excluding hydrogens is 368 g/mol. The van der Waals surface area contributed by atoms with Crippen molar-refractivity contribution in [2.24, 2.45) is 7.05 Å². The first-order valence-electron chi connectivity index (χ1n) is 8.63. The normalized spacial score (nSPS) is 15.0. The van der Waals surface area contributed by atoms with E-state index in [4.69, 9.17) is 0 Å². The van der Waals surface area contributed by atoms with E-state index in [-0.39, 0.29) is 12.4 Å². The number of hydrogen-bond acceptors (Lipinski definition) is 5. The van der Waals surface area contributed by atoms with Gasteiger partial charge < -0.3 is 9.88 Å². The fourth-order valence-electron chi connectivity index (χ4n) is 3.30. The summed E-state index contributed by atoms with van der Waals surface area (Å²) in [6.45, 7) is 2.13. The van der Waals surface area contributed by atoms with E-state index in [0.29, 0.717) is 5.92 Å². The first-order valence-corrected chi connectivity index (χ1v) is 9.62. The van der Waals surface area contributed by atoms with E-state index in [1.807, 2.05) is 23.0 Å². The van der Waals surface area contributed by atoms with Gasteiger partial charge in [-0.2, -0.15) is 5.10 Å². The monoisotopic (exact) mass is 390 g/mol. The van der Waals surface area contributed by atoms with Crippen LogP contribution in [0.15, 0.2) is 47.9 Å². The number of piperidine rings is 1. The van der Waals surface area contributed by atoms with Crippen LogP contribution in [0.2, 0.25) is 0 Å². The van der Waals surface area contributed by atoms with Crippen LogP contribution in [0, 0.1) is 0 Å². The zero-order valence-electron chi connectivity index (χ0n) is 14.7. The summed E-state index contributed by atoms with van der Waals surface area (Å²) in [5, 5.41) is 17.6. The van der Waals surface area contributed by atoms with Crippen LogP contribution in [0.25, 0.3) is 5.69 Å². The SMILES string of the molecule is Cl.Cn1c(SCc2ccccc2-n2cccn2)nnc1C1CCNCC1. The summed E-state index contributed by atoms with van der Waals surface area (Å²) < 4.78 is 4.07. The minimum absolute atomic E-state index is 0. The third-order valence-electron chi connectivity index (χ3n) is 4.67. The zero-order chi connectivity index (χ0) is 17.1. The third-order valence-corrected chi connectivity index (χ3v) is 5.74. The fourth-order valence-corrected chi connectivity index (χ4v) is 4.21. The molecule has 0 atom stereocenters. The molecule has 4 rings (SSSR count). The first-order chi connectivity index (χ1) is 12.3. The van der Waals surface area contributed by atoms with Gasteiger partial charge >= 0.3 is 0 Å². The summed E-state index contributed by atoms with van der Waals surface area (Å²) in [6, 6.07) is 10.3. The predicted octanol–water partition coefficient (Wildman–Crippen LogP) is 3.18. The molecule has 1 aliphatic heterocycles. The van der Waals surface area contributed by atoms with E-state index >= 15 is 0 Å². The maximum absolute atomic E-state index is 4.47. The molecule has 8 heteroatoms. The molecule has 0 unspecified atom stereocenters. The number of aromatic nitrogens is 5. The molecule has 6 nitrogen and oxygen atoms in total. The minimum atomic E-state index is 0. The highest BCUT2D eigenvalue weighted by Gasteiger charge is 2.21. The Balaban J connectivity index is 0.00000196. The van der Waals surface area contributed by atoms with Gasteiger partial charge in [0.05, 0.1) is 5.69 Å². The van der Waals surface area contributed by atoms with E-state index in [1.165, 1.54) is 5.56 Å². The van der Waals surface area contributed by atoms with Gasteiger partial charge in [-0.1, -0.05) is 30.0 Å². The van der Waals surface area contributed by atoms with Crippen molar-refractivity contribution in [3.63, 3.8) is 0 Å². The molecule has 1 aliphatic rings. The van der Waals surface area contributed by atoms with Gasteiger partial charge in [-0.15, -0.1) is 22.6 Å². The molecule has 3 heterocycles. The van der Waals surface area contributed by atoms with Crippen molar-refractivity contribution in [2.75, 3.05) is 13.1 Å². The molecule has 26 heavy (non-hydrogen) atoms. The lowest BCUT2D eigenvalue weighted by Crippen LogP contribution is -2.27. The molecule has 0 saturated carbocycles. The largest absolute Gasteiger partial charge is 0.317 e. The maximum atomic E-state index is 4.47. The topological polar surface area (TPSA) is 60.6 Å². The Kier molecular flexibility index (Phi) is 6.34. The summed E-state index contributed by atoms with van der Waals surface area (Å²) in [5.74, 6) is 2.47. The van der Waals surface area contributed by atoms with Crippen LogP contribution in [-0.2, 0) is 12.8 Å². The first kappa shape index (κ1) is 18.9. The number of para-hydroxylation sites is 1. The number of thioether (sulfide) groups is 1. The number of halogens is 1. The summed E-state index contributed by atoms with van der Waals surface area (Å²) in [5.41, 5.74) is 2.35. The van der Waals surface area contributed by atoms with Crippen molar-refractivity contribution in [3.05, 3.63) is 54.1 Å². The Labute approximate surface area is 163 Å². The number of hydrogen-bond donors (Lipinski definition) is 1. The molecule has 0 radical (unpaired) electrons. The van der Waals surface area contributed by atoms with Gasteiger partial charge in [0, 0.05) is 31.1 Å². The molecule has 0 amide bonds. The van der Waals surface area contributed by atoms with Gasteiger partial charge in [0.2, 0.25) is 0 Å². The van der Waals surface area contributed by atoms with Crippen LogP contribution in [-0.4, -0.2) is 37.6 Å². The zero-order valence-corrected chi connectivity index (χ0v) is 16.3. The number of nitrogens with one attached hydrogen (secondary N) is 1. The van der Waals surface area contributed by atoms with Crippen molar-refractivity contribution >= 4 is 24.2 Å². The lowest BCUT2D eigenvalue weighted by molar-refractivity contribution is 0.434. The highest BCUT2D eigenvalue weighted by atomic mass is 35.5. The summed E-state index contributed by atoms with van der Waals surface area (Å²) in [6.07, 6.45) is 6.05. The van der Waals surface area contributed by atoms with E-state index in [0.717, 1.165) is 48.4 Å². The van der Waals surface area contributed by atoms with Gasteiger partial charge in [0.25, 0.3) is 0 Å². The van der Waals surface area contributed by atoms with E-state index in [1.54, 1.807) is 18.0 Å². The minimum Gasteiger partial charge on any atom is -0.317 e. The van der Waals surface area contributed by atoms with E-state index in [2.05, 4.69) is 50.4 Å². The van der Waals surface area contributed by atoms with Crippen LogP contribution < -0.4 is 5.32 Å². The lowest BCUT2D eigenvalue weighted by Gasteiger charge is -2.21. The summed E-state index contributed by atoms with van der Waals surface area (Å²) in [7, 11) is 2.08. The van der Waals surface area contributed by atoms with Crippen molar-refractivity contribution in [2.45, 2.75) is 29.7 Å². The molecule has 1 saturated heterocycles. The highest BCUT2D eigenvalue weighted by Crippen LogP contribution is 2.29. The van der Waals surface area contributed by atoms with Crippen LogP contribution >= 0.6 is 24.2 Å². The molecule has 2 aromatic heterocycles. The van der Waals surface area contributed by atoms with Gasteiger partial charge in [-0.3, -0.25) is 0 Å². The number of benzene rings is 1. The van der Waals surface area contributed by atoms with Crippen LogP contribution in [0.1, 0.15) is 30.1 Å². The van der Waals surface area contributed by atoms with Gasteiger partial charge in [0.15, 0.2) is 5.16 Å². The molecule has 1 N–H and O–H groups in total. The van der Waals surface area contributed by atoms with Crippen LogP contribution in [0.4, 0.5) is 0 Å². The summed E-state index contributed by atoms with van der Waals surface area (Å²) >= 11 is 1.73. The molecular formula is C18H23ClN6S. The Morgan fingerprint density at radius 3 is 2.73 bits per heavy atom.